The Morgan fingerprint density at radius 1 is 1.26 bits per heavy atom. The average Bonchev–Trinajstić information content (AvgIpc) is 2.49. The molecule has 1 aromatic heterocycles. The van der Waals surface area contributed by atoms with Crippen LogP contribution in [-0.4, -0.2) is 23.0 Å². The second kappa shape index (κ2) is 7.15. The first kappa shape index (κ1) is 16.8. The number of aromatic nitrogens is 1. The number of nitrogens with one attached hydrogen (secondary N) is 1. The first-order valence-corrected chi connectivity index (χ1v) is 6.83. The van der Waals surface area contributed by atoms with E-state index in [9.17, 15) is 18.4 Å². The van der Waals surface area contributed by atoms with Gasteiger partial charge in [0.25, 0.3) is 5.91 Å². The molecule has 0 fully saturated rings. The molecular weight excluding hydrogens is 330 g/mol. The quantitative estimate of drug-likeness (QED) is 0.868. The zero-order valence-corrected chi connectivity index (χ0v) is 12.6. The smallest absolute Gasteiger partial charge is 0.341 e. The van der Waals surface area contributed by atoms with Gasteiger partial charge in [0.15, 0.2) is 6.10 Å². The molecule has 8 heteroatoms. The normalized spacial score (nSPS) is 11.7. The Hall–Kier alpha value is -2.54. The molecule has 0 unspecified atom stereocenters. The van der Waals surface area contributed by atoms with E-state index in [1.165, 1.54) is 25.3 Å². The van der Waals surface area contributed by atoms with E-state index in [2.05, 4.69) is 10.3 Å². The van der Waals surface area contributed by atoms with Crippen molar-refractivity contribution in [1.29, 1.82) is 0 Å². The predicted octanol–water partition coefficient (Wildman–Crippen LogP) is 3.20. The molecule has 0 radical (unpaired) electrons. The van der Waals surface area contributed by atoms with Crippen molar-refractivity contribution in [2.75, 3.05) is 5.32 Å². The molecule has 23 heavy (non-hydrogen) atoms. The van der Waals surface area contributed by atoms with E-state index in [-0.39, 0.29) is 5.82 Å². The van der Waals surface area contributed by atoms with E-state index in [4.69, 9.17) is 16.3 Å². The maximum absolute atomic E-state index is 13.5. The van der Waals surface area contributed by atoms with Crippen LogP contribution in [0.4, 0.5) is 14.6 Å². The Morgan fingerprint density at radius 2 is 2.00 bits per heavy atom. The van der Waals surface area contributed by atoms with Gasteiger partial charge >= 0.3 is 5.97 Å². The highest BCUT2D eigenvalue weighted by atomic mass is 35.5. The molecule has 5 nitrogen and oxygen atoms in total. The number of rotatable bonds is 4. The van der Waals surface area contributed by atoms with Crippen LogP contribution in [0.1, 0.15) is 17.3 Å². The zero-order valence-electron chi connectivity index (χ0n) is 11.8. The van der Waals surface area contributed by atoms with E-state index in [1.807, 2.05) is 0 Å². The van der Waals surface area contributed by atoms with E-state index in [0.717, 1.165) is 12.1 Å². The van der Waals surface area contributed by atoms with Crippen molar-refractivity contribution in [3.8, 4) is 0 Å². The molecule has 1 N–H and O–H groups in total. The van der Waals surface area contributed by atoms with Gasteiger partial charge in [-0.2, -0.15) is 0 Å². The highest BCUT2D eigenvalue weighted by Crippen LogP contribution is 2.13. The number of halogens is 3. The number of ether oxygens (including phenoxy) is 1. The minimum absolute atomic E-state index is 0.218. The van der Waals surface area contributed by atoms with Crippen LogP contribution >= 0.6 is 11.6 Å². The lowest BCUT2D eigenvalue weighted by Gasteiger charge is -2.13. The van der Waals surface area contributed by atoms with Crippen LogP contribution in [0.15, 0.2) is 36.5 Å². The van der Waals surface area contributed by atoms with Crippen LogP contribution in [0.5, 0.6) is 0 Å². The van der Waals surface area contributed by atoms with E-state index in [1.54, 1.807) is 0 Å². The fourth-order valence-corrected chi connectivity index (χ4v) is 1.72. The number of carbonyl (C=O) groups excluding carboxylic acids is 2. The fraction of sp³-hybridized carbons (Fsp3) is 0.133. The van der Waals surface area contributed by atoms with Crippen LogP contribution in [-0.2, 0) is 9.53 Å². The van der Waals surface area contributed by atoms with Gasteiger partial charge in [-0.1, -0.05) is 11.6 Å². The molecule has 0 aliphatic rings. The maximum Gasteiger partial charge on any atom is 0.341 e. The Balaban J connectivity index is 2.00. The lowest BCUT2D eigenvalue weighted by molar-refractivity contribution is -0.123. The highest BCUT2D eigenvalue weighted by molar-refractivity contribution is 6.30. The van der Waals surface area contributed by atoms with Crippen LogP contribution in [0.2, 0.25) is 5.02 Å². The van der Waals surface area contributed by atoms with Crippen molar-refractivity contribution < 1.29 is 23.1 Å². The Bertz CT molecular complexity index is 738. The Kier molecular flexibility index (Phi) is 5.23. The van der Waals surface area contributed by atoms with Gasteiger partial charge in [-0.15, -0.1) is 0 Å². The molecule has 0 aliphatic carbocycles. The van der Waals surface area contributed by atoms with Gasteiger partial charge in [-0.25, -0.2) is 18.6 Å². The molecule has 1 amide bonds. The first-order valence-electron chi connectivity index (χ1n) is 6.45. The topological polar surface area (TPSA) is 68.3 Å². The molecule has 0 aliphatic heterocycles. The summed E-state index contributed by atoms with van der Waals surface area (Å²) in [6.45, 7) is 1.31. The number of benzene rings is 1. The third-order valence-electron chi connectivity index (χ3n) is 2.78. The van der Waals surface area contributed by atoms with Crippen LogP contribution < -0.4 is 5.32 Å². The lowest BCUT2D eigenvalue weighted by atomic mass is 10.2. The Labute approximate surface area is 135 Å². The lowest BCUT2D eigenvalue weighted by Crippen LogP contribution is -2.30. The summed E-state index contributed by atoms with van der Waals surface area (Å²) >= 11 is 5.67. The zero-order chi connectivity index (χ0) is 17.0. The first-order chi connectivity index (χ1) is 10.9. The molecule has 2 rings (SSSR count). The van der Waals surface area contributed by atoms with E-state index >= 15 is 0 Å². The number of anilines is 1. The molecule has 0 bridgehead atoms. The molecule has 1 atom stereocenters. The molecule has 120 valence electrons. The molecular formula is C15H11ClF2N2O3. The second-order valence-electron chi connectivity index (χ2n) is 4.52. The summed E-state index contributed by atoms with van der Waals surface area (Å²) in [6, 6.07) is 5.41. The van der Waals surface area contributed by atoms with Crippen LogP contribution in [0.3, 0.4) is 0 Å². The predicted molar refractivity (Wildman–Crippen MR) is 79.1 cm³/mol. The Morgan fingerprint density at radius 3 is 2.61 bits per heavy atom. The molecule has 0 saturated carbocycles. The summed E-state index contributed by atoms with van der Waals surface area (Å²) in [7, 11) is 0. The van der Waals surface area contributed by atoms with Crippen molar-refractivity contribution in [3.63, 3.8) is 0 Å². The van der Waals surface area contributed by atoms with Crippen molar-refractivity contribution >= 4 is 29.3 Å². The van der Waals surface area contributed by atoms with Crippen LogP contribution in [0, 0.1) is 11.6 Å². The second-order valence-corrected chi connectivity index (χ2v) is 4.96. The molecule has 1 heterocycles. The molecule has 0 spiro atoms. The van der Waals surface area contributed by atoms with Gasteiger partial charge in [0, 0.05) is 12.3 Å². The number of hydrogen-bond acceptors (Lipinski definition) is 4. The summed E-state index contributed by atoms with van der Waals surface area (Å²) in [6.07, 6.45) is 0.131. The minimum Gasteiger partial charge on any atom is -0.449 e. The maximum atomic E-state index is 13.5. The van der Waals surface area contributed by atoms with Gasteiger partial charge in [-0.3, -0.25) is 4.79 Å². The standard InChI is InChI=1S/C15H11ClF2N2O3/c1-8(14(21)20-13-5-2-9(16)7-19-13)23-15(22)11-4-3-10(17)6-12(11)18/h2-8H,1H3,(H,19,20,21)/t8-/m0/s1. The minimum atomic E-state index is -1.20. The largest absolute Gasteiger partial charge is 0.449 e. The molecule has 1 aromatic carbocycles. The summed E-state index contributed by atoms with van der Waals surface area (Å²) < 4.78 is 31.1. The van der Waals surface area contributed by atoms with E-state index < -0.39 is 35.2 Å². The fourth-order valence-electron chi connectivity index (χ4n) is 1.61. The molecule has 0 saturated heterocycles. The SMILES string of the molecule is C[C@H](OC(=O)c1ccc(F)cc1F)C(=O)Nc1ccc(Cl)cn1. The van der Waals surface area contributed by atoms with E-state index in [0.29, 0.717) is 11.1 Å². The highest BCUT2D eigenvalue weighted by Gasteiger charge is 2.21. The third-order valence-corrected chi connectivity index (χ3v) is 3.01. The van der Waals surface area contributed by atoms with Gasteiger partial charge in [0.2, 0.25) is 0 Å². The number of nitrogens with zero attached hydrogens (tertiary/aromatic N) is 1. The average molecular weight is 341 g/mol. The van der Waals surface area contributed by atoms with Crippen molar-refractivity contribution in [2.45, 2.75) is 13.0 Å². The van der Waals surface area contributed by atoms with Crippen molar-refractivity contribution in [3.05, 3.63) is 58.7 Å². The van der Waals surface area contributed by atoms with Crippen molar-refractivity contribution in [1.82, 2.24) is 4.98 Å². The number of carbonyl (C=O) groups is 2. The monoisotopic (exact) mass is 340 g/mol. The third kappa shape index (κ3) is 4.46. The van der Waals surface area contributed by atoms with Crippen LogP contribution in [0.25, 0.3) is 0 Å². The summed E-state index contributed by atoms with van der Waals surface area (Å²) in [5.74, 6) is -3.40. The van der Waals surface area contributed by atoms with Gasteiger partial charge in [0.05, 0.1) is 10.6 Å². The summed E-state index contributed by atoms with van der Waals surface area (Å²) in [4.78, 5) is 27.5. The summed E-state index contributed by atoms with van der Waals surface area (Å²) in [5, 5.41) is 2.81. The number of pyridine rings is 1. The van der Waals surface area contributed by atoms with Crippen molar-refractivity contribution in [2.24, 2.45) is 0 Å². The number of esters is 1. The molecule has 2 aromatic rings. The van der Waals surface area contributed by atoms with Gasteiger partial charge in [0.1, 0.15) is 17.5 Å². The van der Waals surface area contributed by atoms with Gasteiger partial charge < -0.3 is 10.1 Å². The summed E-state index contributed by atoms with van der Waals surface area (Å²) in [5.41, 5.74) is -0.462. The number of hydrogen-bond donors (Lipinski definition) is 1. The van der Waals surface area contributed by atoms with Gasteiger partial charge in [-0.05, 0) is 31.2 Å². The number of amides is 1.